The normalized spacial score (nSPS) is 26.0. The van der Waals surface area contributed by atoms with Crippen molar-refractivity contribution < 1.29 is 9.53 Å². The van der Waals surface area contributed by atoms with E-state index in [4.69, 9.17) is 16.3 Å². The quantitative estimate of drug-likeness (QED) is 0.644. The van der Waals surface area contributed by atoms with Gasteiger partial charge in [-0.25, -0.2) is 0 Å². The summed E-state index contributed by atoms with van der Waals surface area (Å²) in [4.78, 5) is 11.9. The van der Waals surface area contributed by atoms with Gasteiger partial charge in [0.15, 0.2) is 0 Å². The summed E-state index contributed by atoms with van der Waals surface area (Å²) in [5.74, 6) is 2.05. The standard InChI is InChI=1S/C17H20ClNO2/c18-14-4-1-2-5-16(14)21-9-3-6-17(20)19-15-11-12-7-8-13(15)10-12/h1-2,4-5,7-8,12-13,15H,3,6,9-11H2,(H,19,20). The van der Waals surface area contributed by atoms with E-state index in [9.17, 15) is 4.79 Å². The molecule has 2 aliphatic rings. The number of carbonyl (C=O) groups excluding carboxylic acids is 1. The molecule has 2 aliphatic carbocycles. The van der Waals surface area contributed by atoms with Gasteiger partial charge < -0.3 is 10.1 Å². The summed E-state index contributed by atoms with van der Waals surface area (Å²) in [5.41, 5.74) is 0. The molecule has 21 heavy (non-hydrogen) atoms. The third kappa shape index (κ3) is 3.59. The number of carbonyl (C=O) groups is 1. The lowest BCUT2D eigenvalue weighted by Gasteiger charge is -2.19. The highest BCUT2D eigenvalue weighted by atomic mass is 35.5. The number of nitrogens with one attached hydrogen (secondary N) is 1. The van der Waals surface area contributed by atoms with Gasteiger partial charge in [0.25, 0.3) is 0 Å². The van der Waals surface area contributed by atoms with E-state index in [0.717, 1.165) is 6.42 Å². The van der Waals surface area contributed by atoms with Crippen molar-refractivity contribution in [3.05, 3.63) is 41.4 Å². The van der Waals surface area contributed by atoms with Gasteiger partial charge in [0.2, 0.25) is 5.91 Å². The monoisotopic (exact) mass is 305 g/mol. The molecule has 3 atom stereocenters. The minimum Gasteiger partial charge on any atom is -0.492 e. The summed E-state index contributed by atoms with van der Waals surface area (Å²) in [6.45, 7) is 0.508. The average molecular weight is 306 g/mol. The largest absolute Gasteiger partial charge is 0.492 e. The first-order valence-corrected chi connectivity index (χ1v) is 7.95. The molecule has 3 unspecified atom stereocenters. The Hall–Kier alpha value is -1.48. The Kier molecular flexibility index (Phi) is 4.49. The van der Waals surface area contributed by atoms with Gasteiger partial charge in [-0.15, -0.1) is 0 Å². The smallest absolute Gasteiger partial charge is 0.220 e. The Morgan fingerprint density at radius 3 is 2.86 bits per heavy atom. The fourth-order valence-electron chi connectivity index (χ4n) is 3.20. The SMILES string of the molecule is O=C(CCCOc1ccccc1Cl)NC1CC2C=CC1C2. The third-order valence-corrected chi connectivity index (χ3v) is 4.58. The van der Waals surface area contributed by atoms with Gasteiger partial charge in [-0.2, -0.15) is 0 Å². The first kappa shape index (κ1) is 14.5. The molecule has 0 radical (unpaired) electrons. The fraction of sp³-hybridized carbons (Fsp3) is 0.471. The lowest BCUT2D eigenvalue weighted by atomic mass is 10.0. The summed E-state index contributed by atoms with van der Waals surface area (Å²) < 4.78 is 5.58. The number of para-hydroxylation sites is 1. The predicted octanol–water partition coefficient (Wildman–Crippen LogP) is 3.58. The van der Waals surface area contributed by atoms with Gasteiger partial charge in [-0.3, -0.25) is 4.79 Å². The van der Waals surface area contributed by atoms with Crippen molar-refractivity contribution in [1.82, 2.24) is 5.32 Å². The summed E-state index contributed by atoms with van der Waals surface area (Å²) in [6, 6.07) is 7.73. The second-order valence-electron chi connectivity index (χ2n) is 5.84. The van der Waals surface area contributed by atoms with E-state index in [-0.39, 0.29) is 5.91 Å². The lowest BCUT2D eigenvalue weighted by Crippen LogP contribution is -2.37. The molecule has 1 aromatic carbocycles. The molecular formula is C17H20ClNO2. The summed E-state index contributed by atoms with van der Waals surface area (Å²) in [5, 5.41) is 3.76. The molecule has 1 saturated carbocycles. The van der Waals surface area contributed by atoms with Crippen LogP contribution in [0.3, 0.4) is 0 Å². The van der Waals surface area contributed by atoms with Gasteiger partial charge in [0, 0.05) is 12.5 Å². The van der Waals surface area contributed by atoms with Crippen LogP contribution in [0.4, 0.5) is 0 Å². The number of fused-ring (bicyclic) bond motifs is 2. The topological polar surface area (TPSA) is 38.3 Å². The highest BCUT2D eigenvalue weighted by molar-refractivity contribution is 6.32. The molecule has 112 valence electrons. The number of amides is 1. The number of allylic oxidation sites excluding steroid dienone is 1. The Morgan fingerprint density at radius 2 is 2.14 bits per heavy atom. The molecular weight excluding hydrogens is 286 g/mol. The number of rotatable bonds is 6. The summed E-state index contributed by atoms with van der Waals surface area (Å²) >= 11 is 6.00. The molecule has 3 rings (SSSR count). The minimum absolute atomic E-state index is 0.128. The van der Waals surface area contributed by atoms with Crippen molar-refractivity contribution in [2.75, 3.05) is 6.61 Å². The van der Waals surface area contributed by atoms with Crippen LogP contribution in [0.2, 0.25) is 5.02 Å². The van der Waals surface area contributed by atoms with E-state index in [1.54, 1.807) is 6.07 Å². The van der Waals surface area contributed by atoms with Crippen LogP contribution >= 0.6 is 11.6 Å². The van der Waals surface area contributed by atoms with Crippen molar-refractivity contribution >= 4 is 17.5 Å². The molecule has 1 N–H and O–H groups in total. The van der Waals surface area contributed by atoms with E-state index in [1.165, 1.54) is 6.42 Å². The Labute approximate surface area is 130 Å². The summed E-state index contributed by atoms with van der Waals surface area (Å²) in [7, 11) is 0. The molecule has 0 aromatic heterocycles. The molecule has 0 saturated heterocycles. The molecule has 0 heterocycles. The van der Waals surface area contributed by atoms with Crippen LogP contribution in [0.25, 0.3) is 0 Å². The predicted molar refractivity (Wildman–Crippen MR) is 83.5 cm³/mol. The zero-order chi connectivity index (χ0) is 14.7. The molecule has 0 aliphatic heterocycles. The van der Waals surface area contributed by atoms with E-state index >= 15 is 0 Å². The highest BCUT2D eigenvalue weighted by Gasteiger charge is 2.36. The first-order chi connectivity index (χ1) is 10.2. The zero-order valence-electron chi connectivity index (χ0n) is 11.9. The van der Waals surface area contributed by atoms with Crippen LogP contribution < -0.4 is 10.1 Å². The van der Waals surface area contributed by atoms with Crippen molar-refractivity contribution in [3.63, 3.8) is 0 Å². The van der Waals surface area contributed by atoms with Crippen molar-refractivity contribution in [1.29, 1.82) is 0 Å². The van der Waals surface area contributed by atoms with Gasteiger partial charge >= 0.3 is 0 Å². The molecule has 1 fully saturated rings. The molecule has 1 amide bonds. The number of hydrogen-bond acceptors (Lipinski definition) is 2. The van der Waals surface area contributed by atoms with E-state index < -0.39 is 0 Å². The number of halogens is 1. The van der Waals surface area contributed by atoms with Gasteiger partial charge in [-0.1, -0.05) is 35.9 Å². The van der Waals surface area contributed by atoms with Crippen LogP contribution in [0.1, 0.15) is 25.7 Å². The van der Waals surface area contributed by atoms with Gasteiger partial charge in [0.05, 0.1) is 11.6 Å². The van der Waals surface area contributed by atoms with Crippen LogP contribution in [-0.2, 0) is 4.79 Å². The molecule has 0 spiro atoms. The number of hydrogen-bond donors (Lipinski definition) is 1. The average Bonchev–Trinajstić information content (AvgIpc) is 3.08. The van der Waals surface area contributed by atoms with Crippen LogP contribution in [0, 0.1) is 11.8 Å². The number of ether oxygens (including phenoxy) is 1. The number of benzene rings is 1. The van der Waals surface area contributed by atoms with Crippen LogP contribution in [0.15, 0.2) is 36.4 Å². The minimum atomic E-state index is 0.128. The van der Waals surface area contributed by atoms with E-state index in [0.29, 0.717) is 48.1 Å². The zero-order valence-corrected chi connectivity index (χ0v) is 12.7. The van der Waals surface area contributed by atoms with Gasteiger partial charge in [-0.05, 0) is 43.2 Å². The molecule has 2 bridgehead atoms. The lowest BCUT2D eigenvalue weighted by molar-refractivity contribution is -0.122. The maximum atomic E-state index is 11.9. The second kappa shape index (κ2) is 6.52. The highest BCUT2D eigenvalue weighted by Crippen LogP contribution is 2.38. The van der Waals surface area contributed by atoms with Crippen LogP contribution in [0.5, 0.6) is 5.75 Å². The Balaban J connectivity index is 1.35. The maximum Gasteiger partial charge on any atom is 0.220 e. The van der Waals surface area contributed by atoms with E-state index in [1.807, 2.05) is 18.2 Å². The molecule has 3 nitrogen and oxygen atoms in total. The fourth-order valence-corrected chi connectivity index (χ4v) is 3.39. The maximum absolute atomic E-state index is 11.9. The summed E-state index contributed by atoms with van der Waals surface area (Å²) in [6.07, 6.45) is 8.05. The van der Waals surface area contributed by atoms with Crippen LogP contribution in [-0.4, -0.2) is 18.6 Å². The first-order valence-electron chi connectivity index (χ1n) is 7.57. The Bertz CT molecular complexity index is 543. The Morgan fingerprint density at radius 1 is 1.29 bits per heavy atom. The van der Waals surface area contributed by atoms with E-state index in [2.05, 4.69) is 17.5 Å². The second-order valence-corrected chi connectivity index (χ2v) is 6.24. The van der Waals surface area contributed by atoms with Crippen molar-refractivity contribution in [2.24, 2.45) is 11.8 Å². The van der Waals surface area contributed by atoms with Crippen molar-refractivity contribution in [3.8, 4) is 5.75 Å². The third-order valence-electron chi connectivity index (χ3n) is 4.27. The molecule has 1 aromatic rings. The van der Waals surface area contributed by atoms with Crippen molar-refractivity contribution in [2.45, 2.75) is 31.7 Å². The van der Waals surface area contributed by atoms with Gasteiger partial charge in [0.1, 0.15) is 5.75 Å². The molecule has 4 heteroatoms.